The third-order valence-electron chi connectivity index (χ3n) is 0.898. The summed E-state index contributed by atoms with van der Waals surface area (Å²) in [6.07, 6.45) is 1.65. The van der Waals surface area contributed by atoms with E-state index in [2.05, 4.69) is 32.3 Å². The van der Waals surface area contributed by atoms with Gasteiger partial charge in [0, 0.05) is 6.54 Å². The molecule has 11 heavy (non-hydrogen) atoms. The molecule has 0 atom stereocenters. The number of hydrogen-bond donors (Lipinski definition) is 2. The first-order chi connectivity index (χ1) is 5.33. The number of nitrogens with one attached hydrogen (secondary N) is 2. The number of hydrogen-bond acceptors (Lipinski definition) is 5. The standard InChI is InChI=1S/C5H7N5O/c1-2-3-6-4-7-9-5(11)10-8-4/h2H,1,3H2,(H,6,7,8)(H,9,10,11). The fraction of sp³-hybridized carbons (Fsp3) is 0.200. The lowest BCUT2D eigenvalue weighted by Gasteiger charge is -1.95. The van der Waals surface area contributed by atoms with E-state index < -0.39 is 5.69 Å². The lowest BCUT2D eigenvalue weighted by molar-refractivity contribution is 0.812. The molecule has 1 aromatic rings. The van der Waals surface area contributed by atoms with Gasteiger partial charge in [-0.3, -0.25) is 0 Å². The van der Waals surface area contributed by atoms with Gasteiger partial charge in [0.05, 0.1) is 0 Å². The molecule has 0 saturated carbocycles. The molecule has 0 fully saturated rings. The van der Waals surface area contributed by atoms with Crippen LogP contribution in [-0.4, -0.2) is 26.9 Å². The smallest absolute Gasteiger partial charge is 0.348 e. The zero-order chi connectivity index (χ0) is 8.10. The van der Waals surface area contributed by atoms with E-state index in [1.54, 1.807) is 6.08 Å². The van der Waals surface area contributed by atoms with E-state index in [4.69, 9.17) is 0 Å². The molecule has 6 nitrogen and oxygen atoms in total. The van der Waals surface area contributed by atoms with Gasteiger partial charge in [-0.05, 0) is 0 Å². The van der Waals surface area contributed by atoms with E-state index in [1.165, 1.54) is 0 Å². The Hall–Kier alpha value is -1.72. The van der Waals surface area contributed by atoms with Crippen molar-refractivity contribution in [1.29, 1.82) is 0 Å². The van der Waals surface area contributed by atoms with Crippen LogP contribution in [0, 0.1) is 0 Å². The van der Waals surface area contributed by atoms with E-state index in [1.807, 2.05) is 0 Å². The van der Waals surface area contributed by atoms with Gasteiger partial charge in [-0.2, -0.15) is 0 Å². The molecular weight excluding hydrogens is 146 g/mol. The van der Waals surface area contributed by atoms with Crippen molar-refractivity contribution in [3.63, 3.8) is 0 Å². The van der Waals surface area contributed by atoms with E-state index in [9.17, 15) is 4.79 Å². The maximum Gasteiger partial charge on any atom is 0.380 e. The second kappa shape index (κ2) is 3.45. The van der Waals surface area contributed by atoms with Crippen LogP contribution in [0.15, 0.2) is 17.4 Å². The molecule has 2 N–H and O–H groups in total. The molecule has 58 valence electrons. The normalized spacial score (nSPS) is 9.09. The quantitative estimate of drug-likeness (QED) is 0.553. The van der Waals surface area contributed by atoms with Gasteiger partial charge in [0.25, 0.3) is 5.95 Å². The summed E-state index contributed by atoms with van der Waals surface area (Å²) in [5.74, 6) is 0.282. The second-order valence-electron chi connectivity index (χ2n) is 1.72. The summed E-state index contributed by atoms with van der Waals surface area (Å²) in [6.45, 7) is 4.02. The highest BCUT2D eigenvalue weighted by molar-refractivity contribution is 5.19. The molecule has 0 amide bonds. The Bertz CT molecular complexity index is 273. The number of H-pyrrole nitrogens is 1. The minimum absolute atomic E-state index is 0.282. The number of anilines is 1. The summed E-state index contributed by atoms with van der Waals surface area (Å²) >= 11 is 0. The van der Waals surface area contributed by atoms with Crippen LogP contribution in [0.3, 0.4) is 0 Å². The van der Waals surface area contributed by atoms with Gasteiger partial charge in [0.15, 0.2) is 0 Å². The Kier molecular flexibility index (Phi) is 2.32. The Balaban J connectivity index is 2.66. The van der Waals surface area contributed by atoms with Crippen molar-refractivity contribution in [1.82, 2.24) is 20.4 Å². The van der Waals surface area contributed by atoms with Crippen LogP contribution in [0.2, 0.25) is 0 Å². The predicted octanol–water partition coefficient (Wildman–Crippen LogP) is -0.842. The first-order valence-corrected chi connectivity index (χ1v) is 2.97. The average molecular weight is 153 g/mol. The predicted molar refractivity (Wildman–Crippen MR) is 39.1 cm³/mol. The van der Waals surface area contributed by atoms with Crippen molar-refractivity contribution < 1.29 is 0 Å². The molecule has 0 spiro atoms. The van der Waals surface area contributed by atoms with Crippen LogP contribution < -0.4 is 11.0 Å². The Morgan fingerprint density at radius 3 is 3.00 bits per heavy atom. The first-order valence-electron chi connectivity index (χ1n) is 2.97. The third kappa shape index (κ3) is 2.17. The summed E-state index contributed by atoms with van der Waals surface area (Å²) < 4.78 is 0. The number of rotatable bonds is 3. The van der Waals surface area contributed by atoms with Crippen LogP contribution in [0.1, 0.15) is 0 Å². The molecule has 1 rings (SSSR count). The van der Waals surface area contributed by atoms with Crippen molar-refractivity contribution in [3.8, 4) is 0 Å². The van der Waals surface area contributed by atoms with Gasteiger partial charge in [0.1, 0.15) is 0 Å². The Morgan fingerprint density at radius 2 is 2.45 bits per heavy atom. The fourth-order valence-corrected chi connectivity index (χ4v) is 0.477. The van der Waals surface area contributed by atoms with Gasteiger partial charge in [-0.25, -0.2) is 9.89 Å². The molecule has 0 unspecified atom stereocenters. The summed E-state index contributed by atoms with van der Waals surface area (Å²) in [7, 11) is 0. The summed E-state index contributed by atoms with van der Waals surface area (Å²) in [4.78, 5) is 10.4. The highest BCUT2D eigenvalue weighted by atomic mass is 16.1. The molecule has 0 saturated heterocycles. The molecule has 0 radical (unpaired) electrons. The van der Waals surface area contributed by atoms with Crippen LogP contribution in [0.5, 0.6) is 0 Å². The van der Waals surface area contributed by atoms with Gasteiger partial charge in [-0.1, -0.05) is 11.2 Å². The number of aromatic amines is 1. The Morgan fingerprint density at radius 1 is 1.64 bits per heavy atom. The van der Waals surface area contributed by atoms with Crippen LogP contribution >= 0.6 is 0 Å². The zero-order valence-corrected chi connectivity index (χ0v) is 5.74. The van der Waals surface area contributed by atoms with E-state index in [-0.39, 0.29) is 5.95 Å². The minimum Gasteiger partial charge on any atom is -0.348 e. The summed E-state index contributed by atoms with van der Waals surface area (Å²) in [5.41, 5.74) is -0.561. The maximum absolute atomic E-state index is 10.4. The highest BCUT2D eigenvalue weighted by Crippen LogP contribution is 1.85. The van der Waals surface area contributed by atoms with Crippen molar-refractivity contribution in [3.05, 3.63) is 23.1 Å². The molecule has 0 bridgehead atoms. The summed E-state index contributed by atoms with van der Waals surface area (Å²) in [5, 5.41) is 15.1. The fourth-order valence-electron chi connectivity index (χ4n) is 0.477. The van der Waals surface area contributed by atoms with Crippen LogP contribution in [-0.2, 0) is 0 Å². The second-order valence-corrected chi connectivity index (χ2v) is 1.72. The van der Waals surface area contributed by atoms with E-state index in [0.717, 1.165) is 0 Å². The third-order valence-corrected chi connectivity index (χ3v) is 0.898. The highest BCUT2D eigenvalue weighted by Gasteiger charge is 1.91. The molecule has 0 aromatic carbocycles. The number of nitrogens with zero attached hydrogens (tertiary/aromatic N) is 3. The van der Waals surface area contributed by atoms with Crippen LogP contribution in [0.25, 0.3) is 0 Å². The number of aromatic nitrogens is 4. The monoisotopic (exact) mass is 153 g/mol. The lowest BCUT2D eigenvalue weighted by atomic mass is 10.6. The molecule has 6 heteroatoms. The van der Waals surface area contributed by atoms with Gasteiger partial charge < -0.3 is 5.32 Å². The SMILES string of the molecule is C=CCNc1nnc(=O)[nH]n1. The zero-order valence-electron chi connectivity index (χ0n) is 5.74. The van der Waals surface area contributed by atoms with Crippen molar-refractivity contribution in [2.24, 2.45) is 0 Å². The molecule has 0 aliphatic carbocycles. The molecule has 0 aliphatic rings. The topological polar surface area (TPSA) is 83.6 Å². The Labute approximate surface area is 62.4 Å². The largest absolute Gasteiger partial charge is 0.380 e. The molecular formula is C5H7N5O. The van der Waals surface area contributed by atoms with E-state index >= 15 is 0 Å². The van der Waals surface area contributed by atoms with Crippen molar-refractivity contribution >= 4 is 5.95 Å². The molecule has 1 aromatic heterocycles. The lowest BCUT2D eigenvalue weighted by Crippen LogP contribution is -2.16. The first kappa shape index (κ1) is 7.39. The van der Waals surface area contributed by atoms with Gasteiger partial charge in [-0.15, -0.1) is 16.8 Å². The van der Waals surface area contributed by atoms with Gasteiger partial charge >= 0.3 is 5.69 Å². The van der Waals surface area contributed by atoms with Crippen LogP contribution in [0.4, 0.5) is 5.95 Å². The average Bonchev–Trinajstić information content (AvgIpc) is 2.04. The van der Waals surface area contributed by atoms with Gasteiger partial charge in [0.2, 0.25) is 0 Å². The summed E-state index contributed by atoms with van der Waals surface area (Å²) in [6, 6.07) is 0. The minimum atomic E-state index is -0.561. The van der Waals surface area contributed by atoms with E-state index in [0.29, 0.717) is 6.54 Å². The van der Waals surface area contributed by atoms with Crippen molar-refractivity contribution in [2.45, 2.75) is 0 Å². The van der Waals surface area contributed by atoms with Crippen molar-refractivity contribution in [2.75, 3.05) is 11.9 Å². The molecule has 1 heterocycles. The maximum atomic E-state index is 10.4. The molecule has 0 aliphatic heterocycles.